The Kier molecular flexibility index (Phi) is 6.46. The Labute approximate surface area is 247 Å². The highest BCUT2D eigenvalue weighted by Crippen LogP contribution is 2.64. The van der Waals surface area contributed by atoms with Crippen LogP contribution in [-0.2, 0) is 14.8 Å². The lowest BCUT2D eigenvalue weighted by atomic mass is 9.78. The van der Waals surface area contributed by atoms with Crippen LogP contribution in [0.5, 0.6) is 11.5 Å². The van der Waals surface area contributed by atoms with Crippen LogP contribution in [0.2, 0.25) is 0 Å². The molecule has 2 bridgehead atoms. The highest BCUT2D eigenvalue weighted by molar-refractivity contribution is 7.92. The van der Waals surface area contributed by atoms with Gasteiger partial charge in [0.15, 0.2) is 0 Å². The fraction of sp³-hybridized carbons (Fsp3) is 0.406. The maximum Gasteiger partial charge on any atom is 0.387 e. The van der Waals surface area contributed by atoms with Crippen molar-refractivity contribution in [1.82, 2.24) is 0 Å². The topological polar surface area (TPSA) is 93.1 Å². The number of benzene rings is 3. The normalized spacial score (nSPS) is 26.3. The van der Waals surface area contributed by atoms with Gasteiger partial charge in [0.05, 0.1) is 22.5 Å². The van der Waals surface area contributed by atoms with Gasteiger partial charge in [0, 0.05) is 11.5 Å². The first-order valence-corrected chi connectivity index (χ1v) is 15.8. The van der Waals surface area contributed by atoms with Crippen molar-refractivity contribution < 1.29 is 41.0 Å². The first-order valence-electron chi connectivity index (χ1n) is 14.4. The summed E-state index contributed by atoms with van der Waals surface area (Å²) >= 11 is 0. The Morgan fingerprint density at radius 3 is 2.44 bits per heavy atom. The summed E-state index contributed by atoms with van der Waals surface area (Å²) in [6.07, 6.45) is 4.16. The van der Waals surface area contributed by atoms with Gasteiger partial charge in [-0.25, -0.2) is 12.8 Å². The Morgan fingerprint density at radius 2 is 1.77 bits per heavy atom. The van der Waals surface area contributed by atoms with Gasteiger partial charge >= 0.3 is 12.6 Å². The van der Waals surface area contributed by atoms with Crippen LogP contribution < -0.4 is 13.8 Å². The number of aliphatic carboxylic acids is 1. The molecular weight excluding hydrogens is 583 g/mol. The van der Waals surface area contributed by atoms with Gasteiger partial charge in [-0.3, -0.25) is 9.10 Å². The third-order valence-corrected chi connectivity index (χ3v) is 11.6. The molecule has 1 N–H and O–H groups in total. The van der Waals surface area contributed by atoms with Crippen molar-refractivity contribution in [2.45, 2.75) is 68.5 Å². The minimum Gasteiger partial charge on any atom is -0.486 e. The molecule has 4 aliphatic rings. The van der Waals surface area contributed by atoms with E-state index >= 15 is 0 Å². The molecule has 3 saturated carbocycles. The van der Waals surface area contributed by atoms with Crippen molar-refractivity contribution >= 4 is 21.7 Å². The second-order valence-corrected chi connectivity index (χ2v) is 14.2. The van der Waals surface area contributed by atoms with E-state index in [2.05, 4.69) is 4.74 Å². The van der Waals surface area contributed by atoms with E-state index in [1.807, 2.05) is 6.07 Å². The number of carbonyl (C=O) groups is 1. The van der Waals surface area contributed by atoms with Crippen molar-refractivity contribution in [3.05, 3.63) is 72.0 Å². The van der Waals surface area contributed by atoms with Crippen molar-refractivity contribution in [3.8, 4) is 22.6 Å². The van der Waals surface area contributed by atoms with E-state index < -0.39 is 45.4 Å². The summed E-state index contributed by atoms with van der Waals surface area (Å²) in [5, 5.41) is 9.97. The smallest absolute Gasteiger partial charge is 0.387 e. The lowest BCUT2D eigenvalue weighted by Crippen LogP contribution is -2.50. The van der Waals surface area contributed by atoms with Crippen LogP contribution in [-0.4, -0.2) is 38.8 Å². The van der Waals surface area contributed by atoms with E-state index in [0.717, 1.165) is 30.5 Å². The van der Waals surface area contributed by atoms with Crippen LogP contribution in [0.15, 0.2) is 65.6 Å². The SMILES string of the molecule is O=C(O)C12CCC([C@H]3CN(S(=O)(=O)c4cccc(C5CC5)c4)c4cc(-c5cc(F)cc(OC(F)F)c5)ccc4O3)(CC1)C2. The summed E-state index contributed by atoms with van der Waals surface area (Å²) in [7, 11) is -4.11. The van der Waals surface area contributed by atoms with Crippen LogP contribution in [0.4, 0.5) is 18.9 Å². The third-order valence-electron chi connectivity index (χ3n) is 9.78. The Balaban J connectivity index is 1.31. The van der Waals surface area contributed by atoms with Gasteiger partial charge in [-0.2, -0.15) is 8.78 Å². The van der Waals surface area contributed by atoms with Gasteiger partial charge in [-0.15, -0.1) is 0 Å². The first-order chi connectivity index (χ1) is 20.5. The number of hydrogen-bond donors (Lipinski definition) is 1. The van der Waals surface area contributed by atoms with Crippen LogP contribution >= 0.6 is 0 Å². The van der Waals surface area contributed by atoms with Crippen LogP contribution in [0.1, 0.15) is 56.4 Å². The summed E-state index contributed by atoms with van der Waals surface area (Å²) in [5.41, 5.74) is 0.514. The number of ether oxygens (including phenoxy) is 2. The number of fused-ring (bicyclic) bond motifs is 3. The predicted octanol–water partition coefficient (Wildman–Crippen LogP) is 6.96. The molecule has 0 spiro atoms. The van der Waals surface area contributed by atoms with Gasteiger partial charge in [0.25, 0.3) is 10.0 Å². The molecule has 0 saturated heterocycles. The second kappa shape index (κ2) is 9.90. The molecule has 3 aliphatic carbocycles. The first kappa shape index (κ1) is 28.1. The molecule has 1 heterocycles. The van der Waals surface area contributed by atoms with E-state index in [0.29, 0.717) is 49.3 Å². The second-order valence-electron chi connectivity index (χ2n) is 12.4. The van der Waals surface area contributed by atoms with E-state index in [1.54, 1.807) is 36.4 Å². The number of carboxylic acids is 1. The molecule has 0 unspecified atom stereocenters. The number of sulfonamides is 1. The maximum absolute atomic E-state index is 14.4. The standard InChI is InChI=1S/C32H30F3NO6S/c33-23-12-22(13-24(16-23)41-30(34)35)21-6-7-27-26(15-21)36(43(39,40)25-3-1-2-20(14-25)19-4-5-19)17-28(42-27)31-8-10-32(18-31,11-9-31)29(37)38/h1-3,6-7,12-16,19,28,30H,4-5,8-11,17-18H2,(H,37,38)/t28-,31?,32?/m1/s1. The van der Waals surface area contributed by atoms with E-state index in [1.165, 1.54) is 10.4 Å². The Hall–Kier alpha value is -3.73. The average Bonchev–Trinajstić information content (AvgIpc) is 3.66. The zero-order valence-electron chi connectivity index (χ0n) is 23.1. The molecule has 7 rings (SSSR count). The van der Waals surface area contributed by atoms with Gasteiger partial charge in [-0.1, -0.05) is 18.2 Å². The van der Waals surface area contributed by atoms with Gasteiger partial charge in [0.2, 0.25) is 0 Å². The predicted molar refractivity (Wildman–Crippen MR) is 151 cm³/mol. The number of nitrogens with zero attached hydrogens (tertiary/aromatic N) is 1. The van der Waals surface area contributed by atoms with Crippen molar-refractivity contribution in [3.63, 3.8) is 0 Å². The molecule has 11 heteroatoms. The van der Waals surface area contributed by atoms with Crippen LogP contribution in [0.25, 0.3) is 11.1 Å². The Morgan fingerprint density at radius 1 is 1.00 bits per heavy atom. The molecule has 7 nitrogen and oxygen atoms in total. The fourth-order valence-electron chi connectivity index (χ4n) is 7.33. The molecule has 226 valence electrons. The molecular formula is C32H30F3NO6S. The van der Waals surface area contributed by atoms with Crippen LogP contribution in [0.3, 0.4) is 0 Å². The van der Waals surface area contributed by atoms with E-state index in [-0.39, 0.29) is 28.4 Å². The van der Waals surface area contributed by atoms with Gasteiger partial charge in [-0.05, 0) is 104 Å². The maximum atomic E-state index is 14.4. The highest BCUT2D eigenvalue weighted by Gasteiger charge is 2.62. The summed E-state index contributed by atoms with van der Waals surface area (Å²) in [6.45, 7) is -3.16. The average molecular weight is 614 g/mol. The van der Waals surface area contributed by atoms with Crippen molar-refractivity contribution in [1.29, 1.82) is 0 Å². The minimum absolute atomic E-state index is 0.0228. The molecule has 1 atom stereocenters. The number of anilines is 1. The molecule has 0 aromatic heterocycles. The highest BCUT2D eigenvalue weighted by atomic mass is 32.2. The van der Waals surface area contributed by atoms with Crippen molar-refractivity contribution in [2.24, 2.45) is 10.8 Å². The van der Waals surface area contributed by atoms with E-state index in [9.17, 15) is 31.5 Å². The molecule has 0 radical (unpaired) electrons. The summed E-state index contributed by atoms with van der Waals surface area (Å²) < 4.78 is 81.1. The number of halogens is 3. The molecule has 0 amide bonds. The zero-order valence-corrected chi connectivity index (χ0v) is 24.0. The number of hydrogen-bond acceptors (Lipinski definition) is 5. The lowest BCUT2D eigenvalue weighted by Gasteiger charge is -2.43. The van der Waals surface area contributed by atoms with Crippen molar-refractivity contribution in [2.75, 3.05) is 10.8 Å². The van der Waals surface area contributed by atoms with E-state index in [4.69, 9.17) is 4.74 Å². The quantitative estimate of drug-likeness (QED) is 0.295. The number of rotatable bonds is 8. The van der Waals surface area contributed by atoms with Gasteiger partial charge < -0.3 is 14.6 Å². The monoisotopic (exact) mass is 613 g/mol. The molecule has 3 aromatic rings. The van der Waals surface area contributed by atoms with Gasteiger partial charge in [0.1, 0.15) is 23.4 Å². The Bertz CT molecular complexity index is 1720. The molecule has 1 aliphatic heterocycles. The lowest BCUT2D eigenvalue weighted by molar-refractivity contribution is -0.148. The summed E-state index contributed by atoms with van der Waals surface area (Å²) in [5.74, 6) is -1.32. The fourth-order valence-corrected chi connectivity index (χ4v) is 8.85. The van der Waals surface area contributed by atoms with Crippen LogP contribution in [0, 0.1) is 16.6 Å². The zero-order chi connectivity index (χ0) is 30.1. The summed E-state index contributed by atoms with van der Waals surface area (Å²) in [4.78, 5) is 12.3. The molecule has 43 heavy (non-hydrogen) atoms. The number of carboxylic acid groups (broad SMARTS) is 1. The number of alkyl halides is 2. The largest absolute Gasteiger partial charge is 0.486 e. The summed E-state index contributed by atoms with van der Waals surface area (Å²) in [6, 6.07) is 15.0. The molecule has 3 fully saturated rings. The molecule has 3 aromatic carbocycles. The minimum atomic E-state index is -4.11. The third kappa shape index (κ3) is 4.81.